The predicted molar refractivity (Wildman–Crippen MR) is 155 cm³/mol. The summed E-state index contributed by atoms with van der Waals surface area (Å²) in [7, 11) is 1.36. The molecule has 5 rings (SSSR count). The molecule has 0 spiro atoms. The van der Waals surface area contributed by atoms with Gasteiger partial charge in [0.15, 0.2) is 10.5 Å². The van der Waals surface area contributed by atoms with Gasteiger partial charge in [-0.15, -0.1) is 0 Å². The monoisotopic (exact) mass is 607 g/mol. The normalized spacial score (nSPS) is 18.9. The number of hydrogen-bond donors (Lipinski definition) is 3. The van der Waals surface area contributed by atoms with Crippen molar-refractivity contribution < 1.29 is 27.1 Å². The topological polar surface area (TPSA) is 105 Å². The van der Waals surface area contributed by atoms with E-state index in [2.05, 4.69) is 43.1 Å². The molecule has 3 aliphatic rings. The maximum absolute atomic E-state index is 13.6. The van der Waals surface area contributed by atoms with Crippen LogP contribution in [0.5, 0.6) is 0 Å². The SMILES string of the molecule is CC.CC.COC1=CNC(C(F)F)C=C1c1cc(-c2ccn(C(F)F)n2)ncc1C(=O)NC1=NNC(C#CC2CC2)S1. The van der Waals surface area contributed by atoms with Crippen molar-refractivity contribution in [2.45, 2.75) is 64.9 Å². The van der Waals surface area contributed by atoms with Gasteiger partial charge >= 0.3 is 6.55 Å². The summed E-state index contributed by atoms with van der Waals surface area (Å²) in [6.45, 7) is 5.14. The maximum atomic E-state index is 13.6. The number of methoxy groups -OCH3 is 1. The highest BCUT2D eigenvalue weighted by atomic mass is 32.2. The summed E-state index contributed by atoms with van der Waals surface area (Å²) in [5.41, 5.74) is 3.54. The molecule has 0 aromatic carbocycles. The Morgan fingerprint density at radius 1 is 1.17 bits per heavy atom. The predicted octanol–water partition coefficient (Wildman–Crippen LogP) is 5.58. The molecule has 3 N–H and O–H groups in total. The van der Waals surface area contributed by atoms with Crippen LogP contribution in [-0.4, -0.2) is 50.8 Å². The molecule has 42 heavy (non-hydrogen) atoms. The van der Waals surface area contributed by atoms with E-state index in [1.165, 1.54) is 49.5 Å². The molecule has 14 heteroatoms. The van der Waals surface area contributed by atoms with Crippen LogP contribution >= 0.6 is 11.8 Å². The molecule has 1 fully saturated rings. The van der Waals surface area contributed by atoms with Crippen LogP contribution in [0.3, 0.4) is 0 Å². The van der Waals surface area contributed by atoms with Crippen LogP contribution < -0.4 is 16.1 Å². The number of nitrogens with zero attached hydrogens (tertiary/aromatic N) is 4. The minimum absolute atomic E-state index is 0.0296. The Hall–Kier alpha value is -3.99. The number of nitrogens with one attached hydrogen (secondary N) is 3. The van der Waals surface area contributed by atoms with Gasteiger partial charge in [0.1, 0.15) is 17.5 Å². The highest BCUT2D eigenvalue weighted by molar-refractivity contribution is 8.14. The summed E-state index contributed by atoms with van der Waals surface area (Å²) in [5, 5.41) is 13.1. The molecule has 1 amide bonds. The van der Waals surface area contributed by atoms with Gasteiger partial charge in [-0.3, -0.25) is 20.5 Å². The van der Waals surface area contributed by atoms with Crippen LogP contribution in [0, 0.1) is 17.8 Å². The molecule has 4 heterocycles. The average Bonchev–Trinajstić information content (AvgIpc) is 3.51. The number of carbonyl (C=O) groups is 1. The highest BCUT2D eigenvalue weighted by Gasteiger charge is 2.29. The number of hydrogen-bond acceptors (Lipinski definition) is 8. The van der Waals surface area contributed by atoms with E-state index in [0.717, 1.165) is 19.0 Å². The number of thioether (sulfide) groups is 1. The van der Waals surface area contributed by atoms with Crippen LogP contribution in [0.15, 0.2) is 47.7 Å². The summed E-state index contributed by atoms with van der Waals surface area (Å²) < 4.78 is 59.0. The van der Waals surface area contributed by atoms with E-state index in [0.29, 0.717) is 10.6 Å². The molecule has 1 saturated carbocycles. The molecule has 2 aromatic rings. The maximum Gasteiger partial charge on any atom is 0.333 e. The molecule has 1 aliphatic carbocycles. The zero-order valence-corrected chi connectivity index (χ0v) is 24.6. The van der Waals surface area contributed by atoms with E-state index >= 15 is 0 Å². The molecule has 0 radical (unpaired) electrons. The Balaban J connectivity index is 0.00000116. The van der Waals surface area contributed by atoms with Gasteiger partial charge in [0.05, 0.1) is 18.4 Å². The van der Waals surface area contributed by atoms with Crippen LogP contribution in [0.1, 0.15) is 63.0 Å². The number of carbonyl (C=O) groups excluding carboxylic acids is 1. The van der Waals surface area contributed by atoms with Crippen LogP contribution in [0.4, 0.5) is 17.6 Å². The molecular formula is C28H33F4N7O2S. The Morgan fingerprint density at radius 2 is 1.90 bits per heavy atom. The van der Waals surface area contributed by atoms with Crippen LogP contribution in [0.25, 0.3) is 17.0 Å². The van der Waals surface area contributed by atoms with Crippen molar-refractivity contribution >= 4 is 28.4 Å². The molecule has 0 saturated heterocycles. The first kappa shape index (κ1) is 32.5. The third kappa shape index (κ3) is 8.06. The van der Waals surface area contributed by atoms with Crippen molar-refractivity contribution in [2.24, 2.45) is 11.0 Å². The standard InChI is InChI=1S/C24H21F4N7O2S.2C2H6/c1-37-19-11-30-18(21(25)26)9-14(19)13-8-17(16-6-7-35(34-16)23(27)28)29-10-15(13)22(36)31-24-33-32-20(38-24)5-4-12-2-3-12;2*1-2/h6-12,18,20-21,23,30,32H,2-3H2,1H3,(H,31,33,36);2*1-2H3. The summed E-state index contributed by atoms with van der Waals surface area (Å²) in [6.07, 6.45) is 4.26. The average molecular weight is 608 g/mol. The Bertz CT molecular complexity index is 1390. The van der Waals surface area contributed by atoms with Gasteiger partial charge in [-0.05, 0) is 42.8 Å². The second kappa shape index (κ2) is 15.3. The van der Waals surface area contributed by atoms with Crippen molar-refractivity contribution in [1.29, 1.82) is 0 Å². The van der Waals surface area contributed by atoms with E-state index in [4.69, 9.17) is 4.74 Å². The number of ether oxygens (including phenoxy) is 1. The zero-order valence-electron chi connectivity index (χ0n) is 23.8. The minimum Gasteiger partial charge on any atom is -0.495 e. The lowest BCUT2D eigenvalue weighted by Gasteiger charge is -2.24. The number of amides is 1. The number of alkyl halides is 4. The number of aromatic nitrogens is 3. The van der Waals surface area contributed by atoms with E-state index in [9.17, 15) is 22.4 Å². The number of halogens is 4. The van der Waals surface area contributed by atoms with Gasteiger partial charge in [0.2, 0.25) is 0 Å². The van der Waals surface area contributed by atoms with Gasteiger partial charge in [-0.1, -0.05) is 39.5 Å². The fourth-order valence-corrected chi connectivity index (χ4v) is 4.38. The number of amidine groups is 1. The van der Waals surface area contributed by atoms with Crippen molar-refractivity contribution in [3.8, 4) is 23.2 Å². The summed E-state index contributed by atoms with van der Waals surface area (Å²) in [5.74, 6) is 6.19. The van der Waals surface area contributed by atoms with E-state index in [1.54, 1.807) is 0 Å². The molecule has 0 bridgehead atoms. The largest absolute Gasteiger partial charge is 0.495 e. The van der Waals surface area contributed by atoms with E-state index in [1.807, 2.05) is 27.7 Å². The third-order valence-corrected chi connectivity index (χ3v) is 6.62. The molecule has 2 aliphatic heterocycles. The smallest absolute Gasteiger partial charge is 0.333 e. The second-order valence-corrected chi connectivity index (χ2v) is 9.55. The first-order valence-electron chi connectivity index (χ1n) is 13.5. The summed E-state index contributed by atoms with van der Waals surface area (Å²) in [4.78, 5) is 17.6. The molecule has 2 atom stereocenters. The van der Waals surface area contributed by atoms with Crippen molar-refractivity contribution in [3.63, 3.8) is 0 Å². The molecule has 2 unspecified atom stereocenters. The third-order valence-electron chi connectivity index (χ3n) is 5.75. The zero-order chi connectivity index (χ0) is 30.8. The lowest BCUT2D eigenvalue weighted by atomic mass is 9.94. The Kier molecular flexibility index (Phi) is 11.8. The quantitative estimate of drug-likeness (QED) is 0.291. The lowest BCUT2D eigenvalue weighted by molar-refractivity contribution is 0.0568. The summed E-state index contributed by atoms with van der Waals surface area (Å²) >= 11 is 1.23. The lowest BCUT2D eigenvalue weighted by Crippen LogP contribution is -2.33. The second-order valence-electron chi connectivity index (χ2n) is 8.45. The van der Waals surface area contributed by atoms with Crippen LogP contribution in [-0.2, 0) is 4.74 Å². The minimum atomic E-state index is -2.86. The van der Waals surface area contributed by atoms with Crippen LogP contribution in [0.2, 0.25) is 0 Å². The molecule has 226 valence electrons. The molecule has 2 aromatic heterocycles. The van der Waals surface area contributed by atoms with E-state index < -0.39 is 24.9 Å². The fourth-order valence-electron chi connectivity index (χ4n) is 3.67. The number of hydrazone groups is 1. The van der Waals surface area contributed by atoms with Crippen molar-refractivity contribution in [1.82, 2.24) is 30.8 Å². The highest BCUT2D eigenvalue weighted by Crippen LogP contribution is 2.33. The van der Waals surface area contributed by atoms with Crippen molar-refractivity contribution in [2.75, 3.05) is 7.11 Å². The van der Waals surface area contributed by atoms with Crippen molar-refractivity contribution in [3.05, 3.63) is 53.7 Å². The first-order chi connectivity index (χ1) is 20.3. The van der Waals surface area contributed by atoms with Gasteiger partial charge in [-0.25, -0.2) is 13.5 Å². The summed E-state index contributed by atoms with van der Waals surface area (Å²) in [6, 6.07) is 1.41. The Morgan fingerprint density at radius 3 is 2.52 bits per heavy atom. The number of allylic oxidation sites excluding steroid dienone is 1. The molecule has 9 nitrogen and oxygen atoms in total. The number of dihydropyridines is 1. The molecular weight excluding hydrogens is 574 g/mol. The first-order valence-corrected chi connectivity index (χ1v) is 14.4. The number of rotatable bonds is 6. The van der Waals surface area contributed by atoms with Gasteiger partial charge in [0.25, 0.3) is 12.3 Å². The van der Waals surface area contributed by atoms with Gasteiger partial charge in [0, 0.05) is 35.6 Å². The van der Waals surface area contributed by atoms with E-state index in [-0.39, 0.29) is 44.4 Å². The Labute approximate surface area is 246 Å². The fraction of sp³-hybridized carbons (Fsp3) is 0.429. The number of pyridine rings is 1. The van der Waals surface area contributed by atoms with Gasteiger partial charge in [-0.2, -0.15) is 19.0 Å². The van der Waals surface area contributed by atoms with Gasteiger partial charge < -0.3 is 10.1 Å².